The second-order valence-corrected chi connectivity index (χ2v) is 4.86. The van der Waals surface area contributed by atoms with Crippen molar-refractivity contribution in [3.63, 3.8) is 0 Å². The lowest BCUT2D eigenvalue weighted by molar-refractivity contribution is -0.117. The van der Waals surface area contributed by atoms with Crippen LogP contribution < -0.4 is 0 Å². The van der Waals surface area contributed by atoms with E-state index in [9.17, 15) is 4.79 Å². The molecule has 0 heterocycles. The molecule has 0 spiro atoms. The zero-order chi connectivity index (χ0) is 9.90. The fraction of sp³-hybridized carbons (Fsp3) is 0.222. The number of hydrogen-bond donors (Lipinski definition) is 0. The Labute approximate surface area is 91.6 Å². The van der Waals surface area contributed by atoms with Crippen molar-refractivity contribution < 1.29 is 4.79 Å². The molecule has 0 radical (unpaired) electrons. The minimum absolute atomic E-state index is 0.150. The Morgan fingerprint density at radius 1 is 1.15 bits per heavy atom. The van der Waals surface area contributed by atoms with Crippen LogP contribution in [0.4, 0.5) is 0 Å². The molecule has 0 bridgehead atoms. The molecule has 0 saturated carbocycles. The minimum atomic E-state index is -1.81. The van der Waals surface area contributed by atoms with E-state index < -0.39 is 9.58 Å². The third kappa shape index (κ3) is 3.55. The number of rotatable bonds is 2. The molecule has 70 valence electrons. The smallest absolute Gasteiger partial charge is 0.249 e. The van der Waals surface area contributed by atoms with Gasteiger partial charge in [0.1, 0.15) is 0 Å². The van der Waals surface area contributed by atoms with Crippen LogP contribution in [0.5, 0.6) is 0 Å². The summed E-state index contributed by atoms with van der Waals surface area (Å²) in [5.74, 6) is -0.413. The van der Waals surface area contributed by atoms with Crippen LogP contribution in [0.1, 0.15) is 5.56 Å². The van der Waals surface area contributed by atoms with Crippen LogP contribution >= 0.6 is 34.8 Å². The van der Waals surface area contributed by atoms with Crippen molar-refractivity contribution in [3.05, 3.63) is 35.9 Å². The van der Waals surface area contributed by atoms with Gasteiger partial charge in [-0.2, -0.15) is 0 Å². The molecule has 0 amide bonds. The van der Waals surface area contributed by atoms with Gasteiger partial charge < -0.3 is 0 Å². The van der Waals surface area contributed by atoms with Crippen LogP contribution in [-0.4, -0.2) is 9.58 Å². The van der Waals surface area contributed by atoms with Gasteiger partial charge in [-0.25, -0.2) is 0 Å². The average molecular weight is 238 g/mol. The van der Waals surface area contributed by atoms with Crippen molar-refractivity contribution in [2.24, 2.45) is 0 Å². The van der Waals surface area contributed by atoms with Gasteiger partial charge >= 0.3 is 0 Å². The fourth-order valence-electron chi connectivity index (χ4n) is 0.881. The molecule has 0 aliphatic heterocycles. The number of ketones is 1. The predicted octanol–water partition coefficient (Wildman–Crippen LogP) is 3.17. The van der Waals surface area contributed by atoms with E-state index in [4.69, 9.17) is 34.8 Å². The van der Waals surface area contributed by atoms with Gasteiger partial charge in [0, 0.05) is 6.42 Å². The number of hydrogen-bond acceptors (Lipinski definition) is 1. The van der Waals surface area contributed by atoms with Crippen molar-refractivity contribution in [1.29, 1.82) is 0 Å². The monoisotopic (exact) mass is 236 g/mol. The number of benzene rings is 1. The highest BCUT2D eigenvalue weighted by atomic mass is 35.6. The van der Waals surface area contributed by atoms with Gasteiger partial charge in [-0.15, -0.1) is 0 Å². The largest absolute Gasteiger partial charge is 0.294 e. The van der Waals surface area contributed by atoms with Gasteiger partial charge in [-0.3, -0.25) is 4.79 Å². The maximum atomic E-state index is 11.2. The summed E-state index contributed by atoms with van der Waals surface area (Å²) in [4.78, 5) is 11.2. The average Bonchev–Trinajstić information content (AvgIpc) is 2.04. The zero-order valence-electron chi connectivity index (χ0n) is 6.64. The Bertz CT molecular complexity index is 289. The van der Waals surface area contributed by atoms with Crippen molar-refractivity contribution in [1.82, 2.24) is 0 Å². The van der Waals surface area contributed by atoms with E-state index in [1.54, 1.807) is 0 Å². The van der Waals surface area contributed by atoms with Gasteiger partial charge in [0.05, 0.1) is 0 Å². The second kappa shape index (κ2) is 4.32. The van der Waals surface area contributed by atoms with Crippen molar-refractivity contribution >= 4 is 40.6 Å². The first kappa shape index (κ1) is 10.8. The number of alkyl halides is 3. The Kier molecular flexibility index (Phi) is 3.60. The lowest BCUT2D eigenvalue weighted by Gasteiger charge is -2.08. The third-order valence-electron chi connectivity index (χ3n) is 1.52. The van der Waals surface area contributed by atoms with E-state index in [1.165, 1.54) is 0 Å². The summed E-state index contributed by atoms with van der Waals surface area (Å²) in [6.07, 6.45) is 0.150. The van der Waals surface area contributed by atoms with Gasteiger partial charge in [0.15, 0.2) is 5.78 Å². The van der Waals surface area contributed by atoms with Crippen molar-refractivity contribution in [2.75, 3.05) is 0 Å². The maximum Gasteiger partial charge on any atom is 0.249 e. The van der Waals surface area contributed by atoms with E-state index >= 15 is 0 Å². The molecule has 0 saturated heterocycles. The SMILES string of the molecule is O=C(Cc1ccccc1)C(Cl)(Cl)Cl. The van der Waals surface area contributed by atoms with Gasteiger partial charge in [-0.05, 0) is 5.56 Å². The summed E-state index contributed by atoms with van der Waals surface area (Å²) in [6, 6.07) is 9.16. The highest BCUT2D eigenvalue weighted by molar-refractivity contribution is 6.76. The zero-order valence-corrected chi connectivity index (χ0v) is 8.90. The number of carbonyl (C=O) groups is 1. The van der Waals surface area contributed by atoms with Gasteiger partial charge in [0.25, 0.3) is 0 Å². The summed E-state index contributed by atoms with van der Waals surface area (Å²) in [7, 11) is 0. The Hall–Kier alpha value is -0.240. The Morgan fingerprint density at radius 3 is 2.15 bits per heavy atom. The van der Waals surface area contributed by atoms with Gasteiger partial charge in [-0.1, -0.05) is 65.1 Å². The molecule has 0 N–H and O–H groups in total. The molecule has 4 heteroatoms. The molecule has 0 atom stereocenters. The first-order valence-corrected chi connectivity index (χ1v) is 4.77. The summed E-state index contributed by atoms with van der Waals surface area (Å²) in [6.45, 7) is 0. The van der Waals surface area contributed by atoms with Crippen LogP contribution in [0.3, 0.4) is 0 Å². The van der Waals surface area contributed by atoms with Crippen LogP contribution in [0.15, 0.2) is 30.3 Å². The third-order valence-corrected chi connectivity index (χ3v) is 2.16. The summed E-state index contributed by atoms with van der Waals surface area (Å²) in [5.41, 5.74) is 0.846. The lowest BCUT2D eigenvalue weighted by Crippen LogP contribution is -2.20. The molecule has 1 aromatic carbocycles. The summed E-state index contributed by atoms with van der Waals surface area (Å²) in [5, 5.41) is 0. The van der Waals surface area contributed by atoms with Crippen molar-refractivity contribution in [3.8, 4) is 0 Å². The quantitative estimate of drug-likeness (QED) is 0.722. The van der Waals surface area contributed by atoms with Crippen LogP contribution in [0, 0.1) is 0 Å². The molecule has 1 nitrogen and oxygen atoms in total. The molecular formula is C9H7Cl3O. The van der Waals surface area contributed by atoms with Crippen LogP contribution in [0.25, 0.3) is 0 Å². The predicted molar refractivity (Wildman–Crippen MR) is 55.4 cm³/mol. The standard InChI is InChI=1S/C9H7Cl3O/c10-9(11,12)8(13)6-7-4-2-1-3-5-7/h1-5H,6H2. The van der Waals surface area contributed by atoms with Crippen molar-refractivity contribution in [2.45, 2.75) is 10.2 Å². The Balaban J connectivity index is 2.66. The van der Waals surface area contributed by atoms with E-state index in [1.807, 2.05) is 30.3 Å². The van der Waals surface area contributed by atoms with Gasteiger partial charge in [0.2, 0.25) is 3.79 Å². The van der Waals surface area contributed by atoms with Crippen LogP contribution in [0.2, 0.25) is 0 Å². The Morgan fingerprint density at radius 2 is 1.69 bits per heavy atom. The lowest BCUT2D eigenvalue weighted by atomic mass is 10.1. The highest BCUT2D eigenvalue weighted by Crippen LogP contribution is 2.28. The van der Waals surface area contributed by atoms with E-state index in [2.05, 4.69) is 0 Å². The minimum Gasteiger partial charge on any atom is -0.294 e. The first-order valence-electron chi connectivity index (χ1n) is 3.64. The molecule has 13 heavy (non-hydrogen) atoms. The molecule has 0 fully saturated rings. The maximum absolute atomic E-state index is 11.2. The normalized spacial score (nSPS) is 11.3. The molecule has 1 rings (SSSR count). The molecule has 1 aromatic rings. The van der Waals surface area contributed by atoms with Crippen LogP contribution in [-0.2, 0) is 11.2 Å². The highest BCUT2D eigenvalue weighted by Gasteiger charge is 2.29. The topological polar surface area (TPSA) is 17.1 Å². The summed E-state index contributed by atoms with van der Waals surface area (Å²) >= 11 is 16.2. The molecule has 0 unspecified atom stereocenters. The fourth-order valence-corrected chi connectivity index (χ4v) is 1.08. The van der Waals surface area contributed by atoms with E-state index in [0.717, 1.165) is 5.56 Å². The summed E-state index contributed by atoms with van der Waals surface area (Å²) < 4.78 is -1.81. The first-order chi connectivity index (χ1) is 6.00. The molecular weight excluding hydrogens is 230 g/mol. The van der Waals surface area contributed by atoms with E-state index in [0.29, 0.717) is 0 Å². The molecule has 0 aliphatic rings. The number of halogens is 3. The molecule has 0 aromatic heterocycles. The number of carbonyl (C=O) groups excluding carboxylic acids is 1. The van der Waals surface area contributed by atoms with E-state index in [-0.39, 0.29) is 6.42 Å². The second-order valence-electron chi connectivity index (χ2n) is 2.58. The molecule has 0 aliphatic carbocycles. The number of Topliss-reactive ketones (excluding diaryl/α,β-unsaturated/α-hetero) is 1.